The van der Waals surface area contributed by atoms with Gasteiger partial charge in [-0.25, -0.2) is 4.98 Å². The first kappa shape index (κ1) is 10.6. The zero-order valence-corrected chi connectivity index (χ0v) is 7.28. The summed E-state index contributed by atoms with van der Waals surface area (Å²) in [5, 5.41) is 14.4. The number of nitrogens with zero attached hydrogens (tertiary/aromatic N) is 3. The van der Waals surface area contributed by atoms with Crippen molar-refractivity contribution in [3.63, 3.8) is 0 Å². The molecule has 0 aliphatic carbocycles. The van der Waals surface area contributed by atoms with Crippen molar-refractivity contribution in [1.82, 2.24) is 15.2 Å². The smallest absolute Gasteiger partial charge is 0.142 e. The molecule has 12 heavy (non-hydrogen) atoms. The number of aromatic nitrogens is 3. The van der Waals surface area contributed by atoms with Crippen LogP contribution in [-0.4, -0.2) is 15.2 Å². The maximum atomic E-state index is 8.24. The summed E-state index contributed by atoms with van der Waals surface area (Å²) in [5.74, 6) is 0.557. The molecule has 1 unspecified atom stereocenters. The Morgan fingerprint density at radius 1 is 1.75 bits per heavy atom. The van der Waals surface area contributed by atoms with Crippen molar-refractivity contribution in [3.05, 3.63) is 12.2 Å². The van der Waals surface area contributed by atoms with Crippen molar-refractivity contribution in [2.45, 2.75) is 26.3 Å². The van der Waals surface area contributed by atoms with Crippen LogP contribution in [0.5, 0.6) is 0 Å². The van der Waals surface area contributed by atoms with Crippen LogP contribution in [0.25, 0.3) is 0 Å². The third-order valence-electron chi connectivity index (χ3n) is 1.10. The van der Waals surface area contributed by atoms with E-state index in [1.54, 1.807) is 0 Å². The second kappa shape index (κ2) is 6.31. The fourth-order valence-corrected chi connectivity index (χ4v) is 0.589. The molecule has 0 fully saturated rings. The summed E-state index contributed by atoms with van der Waals surface area (Å²) in [6.45, 7) is 4.00. The van der Waals surface area contributed by atoms with Gasteiger partial charge in [0.25, 0.3) is 0 Å². The third-order valence-corrected chi connectivity index (χ3v) is 1.10. The molecular weight excluding hydrogens is 154 g/mol. The standard InChI is InChI=1S/C5H7N5.C2H6/c6-2-1-4(7)5-8-3-9-10-5;1-2/h3-4H,1,7H2,(H,8,9,10);1-2H3. The fourth-order valence-electron chi connectivity index (χ4n) is 0.589. The van der Waals surface area contributed by atoms with E-state index >= 15 is 0 Å². The van der Waals surface area contributed by atoms with Gasteiger partial charge in [0.05, 0.1) is 18.5 Å². The first-order valence-corrected chi connectivity index (χ1v) is 3.82. The monoisotopic (exact) mass is 167 g/mol. The van der Waals surface area contributed by atoms with Gasteiger partial charge >= 0.3 is 0 Å². The second-order valence-electron chi connectivity index (χ2n) is 1.84. The average molecular weight is 167 g/mol. The maximum absolute atomic E-state index is 8.24. The maximum Gasteiger partial charge on any atom is 0.142 e. The van der Waals surface area contributed by atoms with Crippen LogP contribution in [0.15, 0.2) is 6.33 Å². The zero-order chi connectivity index (χ0) is 9.40. The molecule has 0 radical (unpaired) electrons. The predicted octanol–water partition coefficient (Wildman–Crippen LogP) is 0.744. The Morgan fingerprint density at radius 3 is 2.83 bits per heavy atom. The van der Waals surface area contributed by atoms with Gasteiger partial charge in [0, 0.05) is 0 Å². The van der Waals surface area contributed by atoms with Crippen LogP contribution in [-0.2, 0) is 0 Å². The van der Waals surface area contributed by atoms with Gasteiger partial charge in [0.15, 0.2) is 0 Å². The molecule has 1 rings (SSSR count). The van der Waals surface area contributed by atoms with Crippen molar-refractivity contribution in [2.24, 2.45) is 5.73 Å². The lowest BCUT2D eigenvalue weighted by Crippen LogP contribution is -2.10. The van der Waals surface area contributed by atoms with Gasteiger partial charge in [-0.15, -0.1) is 0 Å². The highest BCUT2D eigenvalue weighted by Crippen LogP contribution is 2.04. The highest BCUT2D eigenvalue weighted by Gasteiger charge is 2.06. The van der Waals surface area contributed by atoms with Crippen LogP contribution in [0.3, 0.4) is 0 Å². The van der Waals surface area contributed by atoms with Gasteiger partial charge < -0.3 is 5.73 Å². The number of H-pyrrole nitrogens is 1. The van der Waals surface area contributed by atoms with Crippen molar-refractivity contribution in [1.29, 1.82) is 5.26 Å². The van der Waals surface area contributed by atoms with E-state index in [1.165, 1.54) is 6.33 Å². The number of rotatable bonds is 2. The summed E-state index contributed by atoms with van der Waals surface area (Å²) in [6.07, 6.45) is 1.63. The zero-order valence-electron chi connectivity index (χ0n) is 7.28. The molecule has 66 valence electrons. The van der Waals surface area contributed by atoms with Gasteiger partial charge in [0.2, 0.25) is 0 Å². The van der Waals surface area contributed by atoms with E-state index in [0.717, 1.165) is 0 Å². The Labute approximate surface area is 71.6 Å². The Morgan fingerprint density at radius 2 is 2.42 bits per heavy atom. The molecule has 1 heterocycles. The first-order valence-electron chi connectivity index (χ1n) is 3.82. The topological polar surface area (TPSA) is 91.4 Å². The molecule has 0 saturated carbocycles. The summed E-state index contributed by atoms with van der Waals surface area (Å²) in [4.78, 5) is 3.79. The van der Waals surface area contributed by atoms with Crippen LogP contribution in [0, 0.1) is 11.3 Å². The molecule has 0 bridgehead atoms. The van der Waals surface area contributed by atoms with Crippen LogP contribution in [0.1, 0.15) is 32.1 Å². The molecule has 0 aromatic carbocycles. The fraction of sp³-hybridized carbons (Fsp3) is 0.571. The van der Waals surface area contributed by atoms with E-state index in [-0.39, 0.29) is 12.5 Å². The van der Waals surface area contributed by atoms with Crippen molar-refractivity contribution in [2.75, 3.05) is 0 Å². The van der Waals surface area contributed by atoms with Gasteiger partial charge in [-0.2, -0.15) is 10.4 Å². The lowest BCUT2D eigenvalue weighted by molar-refractivity contribution is 0.692. The average Bonchev–Trinajstić information content (AvgIpc) is 2.60. The van der Waals surface area contributed by atoms with Gasteiger partial charge in [-0.05, 0) is 0 Å². The van der Waals surface area contributed by atoms with Gasteiger partial charge in [-0.1, -0.05) is 13.8 Å². The minimum absolute atomic E-state index is 0.259. The number of hydrogen-bond acceptors (Lipinski definition) is 4. The molecule has 0 aliphatic rings. The van der Waals surface area contributed by atoms with Crippen LogP contribution in [0.2, 0.25) is 0 Å². The highest BCUT2D eigenvalue weighted by atomic mass is 15.2. The van der Waals surface area contributed by atoms with Crippen LogP contribution < -0.4 is 5.73 Å². The number of nitrogens with two attached hydrogens (primary N) is 1. The van der Waals surface area contributed by atoms with E-state index in [2.05, 4.69) is 15.2 Å². The van der Waals surface area contributed by atoms with Gasteiger partial charge in [0.1, 0.15) is 12.2 Å². The van der Waals surface area contributed by atoms with Crippen LogP contribution in [0.4, 0.5) is 0 Å². The molecular formula is C7H13N5. The molecule has 1 atom stereocenters. The quantitative estimate of drug-likeness (QED) is 0.679. The summed E-state index contributed by atoms with van der Waals surface area (Å²) in [5.41, 5.74) is 5.49. The normalized spacial score (nSPS) is 10.8. The van der Waals surface area contributed by atoms with E-state index < -0.39 is 0 Å². The van der Waals surface area contributed by atoms with Gasteiger partial charge in [-0.3, -0.25) is 5.10 Å². The minimum Gasteiger partial charge on any atom is -0.320 e. The Balaban J connectivity index is 0.000000561. The number of nitrogens with one attached hydrogen (secondary N) is 1. The van der Waals surface area contributed by atoms with Crippen molar-refractivity contribution >= 4 is 0 Å². The highest BCUT2D eigenvalue weighted by molar-refractivity contribution is 4.93. The van der Waals surface area contributed by atoms with Crippen molar-refractivity contribution in [3.8, 4) is 6.07 Å². The molecule has 3 N–H and O–H groups in total. The number of aromatic amines is 1. The van der Waals surface area contributed by atoms with Crippen LogP contribution >= 0.6 is 0 Å². The molecule has 5 heteroatoms. The largest absolute Gasteiger partial charge is 0.320 e. The molecule has 1 aromatic rings. The predicted molar refractivity (Wildman–Crippen MR) is 44.9 cm³/mol. The SMILES string of the molecule is CC.N#CCC(N)c1ncn[nH]1. The Hall–Kier alpha value is -1.41. The van der Waals surface area contributed by atoms with Crippen molar-refractivity contribution < 1.29 is 0 Å². The van der Waals surface area contributed by atoms with E-state index in [1.807, 2.05) is 19.9 Å². The minimum atomic E-state index is -0.340. The first-order chi connectivity index (χ1) is 5.84. The molecule has 5 nitrogen and oxygen atoms in total. The summed E-state index contributed by atoms with van der Waals surface area (Å²) < 4.78 is 0. The number of hydrogen-bond donors (Lipinski definition) is 2. The molecule has 0 aliphatic heterocycles. The number of nitriles is 1. The second-order valence-corrected chi connectivity index (χ2v) is 1.84. The Bertz CT molecular complexity index is 222. The lowest BCUT2D eigenvalue weighted by Gasteiger charge is -1.99. The van der Waals surface area contributed by atoms with E-state index in [0.29, 0.717) is 5.82 Å². The Kier molecular flexibility index (Phi) is 5.57. The molecule has 0 amide bonds. The summed E-state index contributed by atoms with van der Waals surface area (Å²) in [6, 6.07) is 1.60. The van der Waals surface area contributed by atoms with E-state index in [9.17, 15) is 0 Å². The molecule has 0 spiro atoms. The lowest BCUT2D eigenvalue weighted by atomic mass is 10.2. The van der Waals surface area contributed by atoms with E-state index in [4.69, 9.17) is 11.0 Å². The summed E-state index contributed by atoms with van der Waals surface area (Å²) >= 11 is 0. The molecule has 0 saturated heterocycles. The third kappa shape index (κ3) is 3.12. The summed E-state index contributed by atoms with van der Waals surface area (Å²) in [7, 11) is 0. The molecule has 1 aromatic heterocycles.